The highest BCUT2D eigenvalue weighted by molar-refractivity contribution is 7.89. The molecule has 2 aromatic carbocycles. The number of nitrogens with zero attached hydrogens (tertiary/aromatic N) is 1. The Balaban J connectivity index is 1.91. The smallest absolute Gasteiger partial charge is 0.331 e. The van der Waals surface area contributed by atoms with Gasteiger partial charge in [-0.15, -0.1) is 0 Å². The van der Waals surface area contributed by atoms with Crippen LogP contribution in [0.3, 0.4) is 0 Å². The molecule has 0 aliphatic heterocycles. The zero-order valence-corrected chi connectivity index (χ0v) is 19.3. The molecule has 1 aliphatic rings. The topological polar surface area (TPSA) is 102 Å². The summed E-state index contributed by atoms with van der Waals surface area (Å²) in [5, 5.41) is 2.78. The summed E-state index contributed by atoms with van der Waals surface area (Å²) in [6, 6.07) is 13.4. The van der Waals surface area contributed by atoms with Crippen molar-refractivity contribution in [3.63, 3.8) is 0 Å². The van der Waals surface area contributed by atoms with Gasteiger partial charge < -0.3 is 14.8 Å². The zero-order valence-electron chi connectivity index (χ0n) is 18.5. The van der Waals surface area contributed by atoms with Crippen molar-refractivity contribution in [2.24, 2.45) is 0 Å². The molecule has 0 bridgehead atoms. The predicted octanol–water partition coefficient (Wildman–Crippen LogP) is 2.73. The van der Waals surface area contributed by atoms with Crippen molar-refractivity contribution in [3.05, 3.63) is 59.7 Å². The fraction of sp³-hybridized carbons (Fsp3) is 0.391. The summed E-state index contributed by atoms with van der Waals surface area (Å²) in [5.41, 5.74) is -0.144. The molecule has 1 fully saturated rings. The standard InChI is InChI=1S/C23H28N2O6S/c1-25(16-17-9-5-4-6-10-17)32(28,29)20-15-18(11-12-19(20)30-2)21(26)24-23(22(27)31-3)13-7-8-14-23/h4-6,9-12,15H,7-8,13-14,16H2,1-3H3,(H,24,26). The summed E-state index contributed by atoms with van der Waals surface area (Å²) >= 11 is 0. The van der Waals surface area contributed by atoms with E-state index in [0.717, 1.165) is 18.4 Å². The van der Waals surface area contributed by atoms with Gasteiger partial charge >= 0.3 is 5.97 Å². The summed E-state index contributed by atoms with van der Waals surface area (Å²) < 4.78 is 38.0. The number of hydrogen-bond acceptors (Lipinski definition) is 6. The lowest BCUT2D eigenvalue weighted by Gasteiger charge is -2.27. The minimum atomic E-state index is -3.96. The van der Waals surface area contributed by atoms with E-state index in [0.29, 0.717) is 12.8 Å². The number of ether oxygens (including phenoxy) is 2. The molecule has 9 heteroatoms. The first kappa shape index (κ1) is 23.7. The van der Waals surface area contributed by atoms with E-state index in [1.807, 2.05) is 30.3 Å². The fourth-order valence-electron chi connectivity index (χ4n) is 3.96. The van der Waals surface area contributed by atoms with Crippen molar-refractivity contribution >= 4 is 21.9 Å². The minimum absolute atomic E-state index is 0.118. The third-order valence-electron chi connectivity index (χ3n) is 5.75. The van der Waals surface area contributed by atoms with Gasteiger partial charge in [-0.2, -0.15) is 4.31 Å². The molecule has 172 valence electrons. The highest BCUT2D eigenvalue weighted by atomic mass is 32.2. The Kier molecular flexibility index (Phi) is 7.20. The Morgan fingerprint density at radius 2 is 1.72 bits per heavy atom. The number of amides is 1. The molecule has 0 saturated heterocycles. The number of esters is 1. The Hall–Kier alpha value is -2.91. The number of carbonyl (C=O) groups excluding carboxylic acids is 2. The van der Waals surface area contributed by atoms with E-state index in [1.165, 1.54) is 43.8 Å². The highest BCUT2D eigenvalue weighted by Crippen LogP contribution is 2.32. The van der Waals surface area contributed by atoms with E-state index in [1.54, 1.807) is 0 Å². The first-order chi connectivity index (χ1) is 15.2. The van der Waals surface area contributed by atoms with Gasteiger partial charge in [-0.25, -0.2) is 13.2 Å². The monoisotopic (exact) mass is 460 g/mol. The van der Waals surface area contributed by atoms with Crippen LogP contribution in [0.25, 0.3) is 0 Å². The Bertz CT molecular complexity index is 1080. The summed E-state index contributed by atoms with van der Waals surface area (Å²) in [6.07, 6.45) is 2.54. The molecular formula is C23H28N2O6S. The molecule has 1 N–H and O–H groups in total. The van der Waals surface area contributed by atoms with Crippen molar-refractivity contribution in [2.45, 2.75) is 42.7 Å². The van der Waals surface area contributed by atoms with Gasteiger partial charge in [-0.3, -0.25) is 4.79 Å². The molecule has 0 spiro atoms. The van der Waals surface area contributed by atoms with Gasteiger partial charge in [0.2, 0.25) is 10.0 Å². The van der Waals surface area contributed by atoms with E-state index in [4.69, 9.17) is 9.47 Å². The molecule has 0 atom stereocenters. The number of hydrogen-bond donors (Lipinski definition) is 1. The first-order valence-electron chi connectivity index (χ1n) is 10.3. The number of carbonyl (C=O) groups is 2. The van der Waals surface area contributed by atoms with Gasteiger partial charge in [0.05, 0.1) is 14.2 Å². The molecular weight excluding hydrogens is 432 g/mol. The lowest BCUT2D eigenvalue weighted by Crippen LogP contribution is -2.53. The van der Waals surface area contributed by atoms with Crippen molar-refractivity contribution in [2.75, 3.05) is 21.3 Å². The normalized spacial score (nSPS) is 15.4. The molecule has 0 unspecified atom stereocenters. The molecule has 8 nitrogen and oxygen atoms in total. The maximum Gasteiger partial charge on any atom is 0.331 e. The van der Waals surface area contributed by atoms with Crippen LogP contribution in [-0.4, -0.2) is 51.4 Å². The molecule has 0 radical (unpaired) electrons. The summed E-state index contributed by atoms with van der Waals surface area (Å²) in [7, 11) is 0.167. The fourth-order valence-corrected chi connectivity index (χ4v) is 5.29. The molecule has 0 aromatic heterocycles. The summed E-state index contributed by atoms with van der Waals surface area (Å²) in [6.45, 7) is 0.161. The number of sulfonamides is 1. The first-order valence-corrected chi connectivity index (χ1v) is 11.8. The second kappa shape index (κ2) is 9.70. The van der Waals surface area contributed by atoms with Gasteiger partial charge in [-0.05, 0) is 36.6 Å². The van der Waals surface area contributed by atoms with E-state index < -0.39 is 27.4 Å². The van der Waals surface area contributed by atoms with Crippen molar-refractivity contribution in [1.29, 1.82) is 0 Å². The van der Waals surface area contributed by atoms with Crippen LogP contribution in [0.15, 0.2) is 53.4 Å². The number of methoxy groups -OCH3 is 2. The van der Waals surface area contributed by atoms with Crippen LogP contribution in [-0.2, 0) is 26.1 Å². The number of rotatable bonds is 8. The second-order valence-electron chi connectivity index (χ2n) is 7.85. The van der Waals surface area contributed by atoms with Crippen LogP contribution in [0.4, 0.5) is 0 Å². The number of nitrogens with one attached hydrogen (secondary N) is 1. The lowest BCUT2D eigenvalue weighted by atomic mass is 9.97. The van der Waals surface area contributed by atoms with Gasteiger partial charge in [0, 0.05) is 19.2 Å². The second-order valence-corrected chi connectivity index (χ2v) is 9.86. The van der Waals surface area contributed by atoms with Gasteiger partial charge in [0.1, 0.15) is 16.2 Å². The third-order valence-corrected chi connectivity index (χ3v) is 7.57. The molecule has 1 amide bonds. The lowest BCUT2D eigenvalue weighted by molar-refractivity contribution is -0.148. The van der Waals surface area contributed by atoms with Gasteiger partial charge in [0.25, 0.3) is 5.91 Å². The van der Waals surface area contributed by atoms with Crippen LogP contribution < -0.4 is 10.1 Å². The van der Waals surface area contributed by atoms with E-state index in [2.05, 4.69) is 5.32 Å². The average Bonchev–Trinajstić information content (AvgIpc) is 3.28. The average molecular weight is 461 g/mol. The Morgan fingerprint density at radius 1 is 1.06 bits per heavy atom. The van der Waals surface area contributed by atoms with E-state index in [9.17, 15) is 18.0 Å². The van der Waals surface area contributed by atoms with Crippen LogP contribution in [0.5, 0.6) is 5.75 Å². The Morgan fingerprint density at radius 3 is 2.31 bits per heavy atom. The molecule has 1 aliphatic carbocycles. The third kappa shape index (κ3) is 4.78. The van der Waals surface area contributed by atoms with E-state index >= 15 is 0 Å². The van der Waals surface area contributed by atoms with Crippen molar-refractivity contribution in [1.82, 2.24) is 9.62 Å². The van der Waals surface area contributed by atoms with Crippen LogP contribution in [0, 0.1) is 0 Å². The quantitative estimate of drug-likeness (QED) is 0.608. The SMILES string of the molecule is COC(=O)C1(NC(=O)c2ccc(OC)c(S(=O)(=O)N(C)Cc3ccccc3)c2)CCCC1. The van der Waals surface area contributed by atoms with Crippen LogP contribution in [0.1, 0.15) is 41.6 Å². The molecule has 2 aromatic rings. The Labute approximate surface area is 188 Å². The van der Waals surface area contributed by atoms with Gasteiger partial charge in [-0.1, -0.05) is 43.2 Å². The highest BCUT2D eigenvalue weighted by Gasteiger charge is 2.43. The molecule has 1 saturated carbocycles. The maximum atomic E-state index is 13.3. The maximum absolute atomic E-state index is 13.3. The summed E-state index contributed by atoms with van der Waals surface area (Å²) in [4.78, 5) is 25.2. The largest absolute Gasteiger partial charge is 0.495 e. The van der Waals surface area contributed by atoms with Gasteiger partial charge in [0.15, 0.2) is 0 Å². The zero-order chi connectivity index (χ0) is 23.4. The van der Waals surface area contributed by atoms with Crippen molar-refractivity contribution in [3.8, 4) is 5.75 Å². The predicted molar refractivity (Wildman–Crippen MR) is 119 cm³/mol. The van der Waals surface area contributed by atoms with Crippen LogP contribution in [0.2, 0.25) is 0 Å². The summed E-state index contributed by atoms with van der Waals surface area (Å²) in [5.74, 6) is -0.903. The van der Waals surface area contributed by atoms with Crippen molar-refractivity contribution < 1.29 is 27.5 Å². The minimum Gasteiger partial charge on any atom is -0.495 e. The number of benzene rings is 2. The van der Waals surface area contributed by atoms with E-state index in [-0.39, 0.29) is 22.8 Å². The molecule has 32 heavy (non-hydrogen) atoms. The molecule has 0 heterocycles. The molecule has 3 rings (SSSR count). The van der Waals surface area contributed by atoms with Crippen LogP contribution >= 0.6 is 0 Å².